The van der Waals surface area contributed by atoms with E-state index in [-0.39, 0.29) is 21.8 Å². The average molecular weight is 353 g/mol. The fraction of sp³-hybridized carbons (Fsp3) is 0.333. The van der Waals surface area contributed by atoms with Gasteiger partial charge >= 0.3 is 0 Å². The van der Waals surface area contributed by atoms with Gasteiger partial charge in [0, 0.05) is 11.8 Å². The molecule has 0 radical (unpaired) electrons. The molecule has 2 aromatic rings. The molecule has 1 saturated carbocycles. The maximum Gasteiger partial charge on any atom is 0.239 e. The molecule has 0 bridgehead atoms. The van der Waals surface area contributed by atoms with Crippen LogP contribution in [0.15, 0.2) is 23.2 Å². The number of aromatic nitrogens is 2. The van der Waals surface area contributed by atoms with Crippen LogP contribution in [0.2, 0.25) is 5.02 Å². The van der Waals surface area contributed by atoms with Gasteiger partial charge in [-0.2, -0.15) is 0 Å². The number of hydrogen-bond acceptors (Lipinski definition) is 5. The molecule has 0 unspecified atom stereocenters. The van der Waals surface area contributed by atoms with Crippen molar-refractivity contribution < 1.29 is 8.42 Å². The molecule has 1 aliphatic carbocycles. The van der Waals surface area contributed by atoms with Crippen molar-refractivity contribution in [3.8, 4) is 11.1 Å². The van der Waals surface area contributed by atoms with Gasteiger partial charge in [-0.1, -0.05) is 18.0 Å². The van der Waals surface area contributed by atoms with Crippen LogP contribution in [-0.2, 0) is 10.0 Å². The van der Waals surface area contributed by atoms with Gasteiger partial charge in [0.1, 0.15) is 4.90 Å². The maximum absolute atomic E-state index is 11.9. The van der Waals surface area contributed by atoms with Crippen LogP contribution in [0.4, 0.5) is 5.95 Å². The summed E-state index contributed by atoms with van der Waals surface area (Å²) in [6.45, 7) is 1.79. The van der Waals surface area contributed by atoms with E-state index >= 15 is 0 Å². The molecule has 1 heterocycles. The standard InChI is InChI=1S/C15H17ClN4O2S/c1-8-12(7-19-15(17)20-8)10-5-11(9-3-2-4-9)14(16)13(6-10)23(18,21)22/h5-7,9H,2-4H2,1H3,(H2,17,19,20)(H2,18,21,22). The summed E-state index contributed by atoms with van der Waals surface area (Å²) in [7, 11) is -3.92. The third kappa shape index (κ3) is 3.04. The molecular formula is C15H17ClN4O2S. The zero-order chi connectivity index (χ0) is 16.8. The Bertz CT molecular complexity index is 879. The largest absolute Gasteiger partial charge is 0.368 e. The van der Waals surface area contributed by atoms with Crippen LogP contribution >= 0.6 is 11.6 Å². The normalized spacial score (nSPS) is 15.4. The second-order valence-corrected chi connectivity index (χ2v) is 7.69. The summed E-state index contributed by atoms with van der Waals surface area (Å²) >= 11 is 6.31. The van der Waals surface area contributed by atoms with Crippen LogP contribution in [0.1, 0.15) is 36.4 Å². The SMILES string of the molecule is Cc1nc(N)ncc1-c1cc(C2CCC2)c(Cl)c(S(N)(=O)=O)c1. The molecule has 23 heavy (non-hydrogen) atoms. The van der Waals surface area contributed by atoms with Gasteiger partial charge in [0.05, 0.1) is 10.7 Å². The average Bonchev–Trinajstić information content (AvgIpc) is 2.38. The molecule has 1 aromatic carbocycles. The van der Waals surface area contributed by atoms with E-state index in [2.05, 4.69) is 9.97 Å². The van der Waals surface area contributed by atoms with Crippen molar-refractivity contribution in [3.63, 3.8) is 0 Å². The highest BCUT2D eigenvalue weighted by atomic mass is 35.5. The van der Waals surface area contributed by atoms with Crippen molar-refractivity contribution >= 4 is 27.6 Å². The van der Waals surface area contributed by atoms with Gasteiger partial charge in [-0.3, -0.25) is 0 Å². The van der Waals surface area contributed by atoms with Gasteiger partial charge in [0.2, 0.25) is 16.0 Å². The van der Waals surface area contributed by atoms with Gasteiger partial charge < -0.3 is 5.73 Å². The second kappa shape index (κ2) is 5.74. The van der Waals surface area contributed by atoms with E-state index in [1.54, 1.807) is 13.1 Å². The molecular weight excluding hydrogens is 336 g/mol. The summed E-state index contributed by atoms with van der Waals surface area (Å²) < 4.78 is 23.8. The Morgan fingerprint density at radius 3 is 2.52 bits per heavy atom. The summed E-state index contributed by atoms with van der Waals surface area (Å²) in [5, 5.41) is 5.55. The molecule has 122 valence electrons. The summed E-state index contributed by atoms with van der Waals surface area (Å²) in [5.41, 5.74) is 8.45. The van der Waals surface area contributed by atoms with E-state index < -0.39 is 10.0 Å². The summed E-state index contributed by atoms with van der Waals surface area (Å²) in [6.07, 6.45) is 4.67. The molecule has 8 heteroatoms. The van der Waals surface area contributed by atoms with Crippen LogP contribution in [0.25, 0.3) is 11.1 Å². The number of nitrogens with two attached hydrogens (primary N) is 2. The molecule has 0 atom stereocenters. The first-order valence-electron chi connectivity index (χ1n) is 7.23. The summed E-state index contributed by atoms with van der Waals surface area (Å²) in [4.78, 5) is 8.06. The van der Waals surface area contributed by atoms with E-state index in [0.29, 0.717) is 16.8 Å². The lowest BCUT2D eigenvalue weighted by molar-refractivity contribution is 0.419. The summed E-state index contributed by atoms with van der Waals surface area (Å²) in [5.74, 6) is 0.434. The molecule has 1 fully saturated rings. The Labute approximate surface area is 139 Å². The molecule has 1 aliphatic rings. The Balaban J connectivity index is 2.24. The van der Waals surface area contributed by atoms with E-state index in [4.69, 9.17) is 22.5 Å². The molecule has 0 amide bonds. The molecule has 0 saturated heterocycles. The van der Waals surface area contributed by atoms with E-state index in [1.807, 2.05) is 6.07 Å². The van der Waals surface area contributed by atoms with Crippen LogP contribution in [0.5, 0.6) is 0 Å². The van der Waals surface area contributed by atoms with Crippen LogP contribution < -0.4 is 10.9 Å². The topological polar surface area (TPSA) is 112 Å². The van der Waals surface area contributed by atoms with Gasteiger partial charge in [0.25, 0.3) is 0 Å². The first-order chi connectivity index (χ1) is 10.8. The number of hydrogen-bond donors (Lipinski definition) is 2. The molecule has 0 spiro atoms. The van der Waals surface area contributed by atoms with Crippen molar-refractivity contribution in [2.24, 2.45) is 5.14 Å². The van der Waals surface area contributed by atoms with Crippen molar-refractivity contribution in [1.82, 2.24) is 9.97 Å². The number of anilines is 1. The van der Waals surface area contributed by atoms with E-state index in [9.17, 15) is 8.42 Å². The van der Waals surface area contributed by atoms with Crippen LogP contribution in [0, 0.1) is 6.92 Å². The minimum absolute atomic E-state index is 0.0604. The number of primary sulfonamides is 1. The van der Waals surface area contributed by atoms with Gasteiger partial charge in [-0.25, -0.2) is 23.5 Å². The van der Waals surface area contributed by atoms with Crippen molar-refractivity contribution in [3.05, 3.63) is 34.6 Å². The highest BCUT2D eigenvalue weighted by Gasteiger charge is 2.27. The van der Waals surface area contributed by atoms with Gasteiger partial charge in [0.15, 0.2) is 0 Å². The Hall–Kier alpha value is -1.70. The number of halogens is 1. The molecule has 4 N–H and O–H groups in total. The lowest BCUT2D eigenvalue weighted by Gasteiger charge is -2.28. The smallest absolute Gasteiger partial charge is 0.239 e. The predicted octanol–water partition coefficient (Wildman–Crippen LogP) is 2.60. The number of sulfonamides is 1. The highest BCUT2D eigenvalue weighted by Crippen LogP contribution is 2.43. The highest BCUT2D eigenvalue weighted by molar-refractivity contribution is 7.89. The monoisotopic (exact) mass is 352 g/mol. The minimum atomic E-state index is -3.92. The Morgan fingerprint density at radius 1 is 1.30 bits per heavy atom. The minimum Gasteiger partial charge on any atom is -0.368 e. The number of nitrogens with zero attached hydrogens (tertiary/aromatic N) is 2. The quantitative estimate of drug-likeness (QED) is 0.881. The number of nitrogen functional groups attached to an aromatic ring is 1. The van der Waals surface area contributed by atoms with Gasteiger partial charge in [-0.15, -0.1) is 0 Å². The van der Waals surface area contributed by atoms with E-state index in [1.165, 1.54) is 6.07 Å². The second-order valence-electron chi connectivity index (χ2n) is 5.78. The fourth-order valence-electron chi connectivity index (χ4n) is 2.77. The molecule has 6 nitrogen and oxygen atoms in total. The number of benzene rings is 1. The summed E-state index contributed by atoms with van der Waals surface area (Å²) in [6, 6.07) is 3.38. The van der Waals surface area contributed by atoms with Crippen molar-refractivity contribution in [2.45, 2.75) is 37.0 Å². The fourth-order valence-corrected chi connectivity index (χ4v) is 4.01. The van der Waals surface area contributed by atoms with Crippen LogP contribution in [-0.4, -0.2) is 18.4 Å². The molecule has 0 aliphatic heterocycles. The number of rotatable bonds is 3. The zero-order valence-corrected chi connectivity index (χ0v) is 14.2. The third-order valence-electron chi connectivity index (χ3n) is 4.23. The molecule has 1 aromatic heterocycles. The van der Waals surface area contributed by atoms with Crippen molar-refractivity contribution in [1.29, 1.82) is 0 Å². The Morgan fingerprint density at radius 2 is 2.00 bits per heavy atom. The van der Waals surface area contributed by atoms with Gasteiger partial charge in [-0.05, 0) is 48.9 Å². The lowest BCUT2D eigenvalue weighted by Crippen LogP contribution is -2.16. The lowest BCUT2D eigenvalue weighted by atomic mass is 9.79. The number of aryl methyl sites for hydroxylation is 1. The third-order valence-corrected chi connectivity index (χ3v) is 5.70. The molecule has 3 rings (SSSR count). The first kappa shape index (κ1) is 16.2. The maximum atomic E-state index is 11.9. The van der Waals surface area contributed by atoms with Crippen molar-refractivity contribution in [2.75, 3.05) is 5.73 Å². The Kier molecular flexibility index (Phi) is 4.03. The van der Waals surface area contributed by atoms with Crippen LogP contribution in [0.3, 0.4) is 0 Å². The predicted molar refractivity (Wildman–Crippen MR) is 89.6 cm³/mol. The van der Waals surface area contributed by atoms with E-state index in [0.717, 1.165) is 24.8 Å². The zero-order valence-electron chi connectivity index (χ0n) is 12.6. The first-order valence-corrected chi connectivity index (χ1v) is 9.15.